The molecule has 1 fully saturated rings. The molecule has 0 radical (unpaired) electrons. The van der Waals surface area contributed by atoms with Crippen LogP contribution in [-0.2, 0) is 17.5 Å². The maximum Gasteiger partial charge on any atom is 0.340 e. The molecule has 1 atom stereocenters. The van der Waals surface area contributed by atoms with E-state index in [1.54, 1.807) is 11.8 Å². The fourth-order valence-electron chi connectivity index (χ4n) is 4.72. The number of rotatable bonds is 10. The van der Waals surface area contributed by atoms with Gasteiger partial charge in [0.05, 0.1) is 22.2 Å². The van der Waals surface area contributed by atoms with Crippen molar-refractivity contribution in [2.45, 2.75) is 49.4 Å². The Labute approximate surface area is 226 Å². The fraction of sp³-hybridized carbons (Fsp3) is 0.464. The van der Waals surface area contributed by atoms with Crippen LogP contribution in [0.25, 0.3) is 10.9 Å². The maximum absolute atomic E-state index is 13.1. The predicted octanol–water partition coefficient (Wildman–Crippen LogP) is 6.03. The van der Waals surface area contributed by atoms with E-state index in [0.717, 1.165) is 39.1 Å². The molecule has 0 spiro atoms. The summed E-state index contributed by atoms with van der Waals surface area (Å²) in [4.78, 5) is 16.5. The van der Waals surface area contributed by atoms with Crippen LogP contribution in [0.4, 0.5) is 0 Å². The lowest BCUT2D eigenvalue weighted by atomic mass is 10.1. The van der Waals surface area contributed by atoms with Gasteiger partial charge in [0.2, 0.25) is 0 Å². The standard InChI is InChI=1S/C28H35BrN2O4S/c1-3-34-28(33)27-22-15-26(35-18-20(32)17-31-13-9-4-5-10-14-31)23(29)16-24(22)30(2)25(27)19-36-21-11-7-6-8-12-21/h6-8,11-12,15-16,20,32H,3-5,9-10,13-14,17-19H2,1-2H3. The minimum atomic E-state index is -0.580. The summed E-state index contributed by atoms with van der Waals surface area (Å²) >= 11 is 5.32. The molecule has 2 heterocycles. The molecule has 4 rings (SSSR count). The summed E-state index contributed by atoms with van der Waals surface area (Å²) < 4.78 is 14.4. The van der Waals surface area contributed by atoms with Crippen molar-refractivity contribution in [3.63, 3.8) is 0 Å². The highest BCUT2D eigenvalue weighted by molar-refractivity contribution is 9.10. The molecule has 2 aromatic carbocycles. The van der Waals surface area contributed by atoms with E-state index in [9.17, 15) is 9.90 Å². The Morgan fingerprint density at radius 3 is 2.56 bits per heavy atom. The molecule has 1 aliphatic rings. The van der Waals surface area contributed by atoms with Gasteiger partial charge in [0.1, 0.15) is 18.5 Å². The van der Waals surface area contributed by atoms with Gasteiger partial charge in [-0.15, -0.1) is 11.8 Å². The molecule has 0 bridgehead atoms. The normalized spacial score (nSPS) is 15.6. The van der Waals surface area contributed by atoms with Crippen molar-refractivity contribution in [1.29, 1.82) is 0 Å². The first-order valence-corrected chi connectivity index (χ1v) is 14.4. The number of hydrogen-bond acceptors (Lipinski definition) is 6. The first-order valence-electron chi connectivity index (χ1n) is 12.7. The zero-order chi connectivity index (χ0) is 25.5. The molecule has 1 unspecified atom stereocenters. The highest BCUT2D eigenvalue weighted by Crippen LogP contribution is 2.37. The van der Waals surface area contributed by atoms with E-state index in [2.05, 4.69) is 37.5 Å². The summed E-state index contributed by atoms with van der Waals surface area (Å²) in [5.41, 5.74) is 2.40. The summed E-state index contributed by atoms with van der Waals surface area (Å²) in [6.07, 6.45) is 4.32. The van der Waals surface area contributed by atoms with Crippen LogP contribution in [0.15, 0.2) is 51.8 Å². The zero-order valence-electron chi connectivity index (χ0n) is 21.0. The van der Waals surface area contributed by atoms with E-state index in [1.807, 2.05) is 44.3 Å². The second kappa shape index (κ2) is 13.0. The lowest BCUT2D eigenvalue weighted by Crippen LogP contribution is -2.36. The van der Waals surface area contributed by atoms with Crippen LogP contribution in [0.1, 0.15) is 48.7 Å². The maximum atomic E-state index is 13.1. The molecule has 0 saturated carbocycles. The molecule has 0 aliphatic carbocycles. The second-order valence-corrected chi connectivity index (χ2v) is 11.1. The number of aromatic nitrogens is 1. The number of nitrogens with zero attached hydrogens (tertiary/aromatic N) is 2. The van der Waals surface area contributed by atoms with Gasteiger partial charge in [-0.25, -0.2) is 4.79 Å². The Kier molecular flexibility index (Phi) is 9.76. The minimum Gasteiger partial charge on any atom is -0.490 e. The van der Waals surface area contributed by atoms with Gasteiger partial charge in [0.15, 0.2) is 0 Å². The minimum absolute atomic E-state index is 0.193. The Balaban J connectivity index is 1.56. The van der Waals surface area contributed by atoms with E-state index < -0.39 is 6.10 Å². The Bertz CT molecular complexity index is 1160. The van der Waals surface area contributed by atoms with Crippen LogP contribution in [-0.4, -0.2) is 59.5 Å². The number of aliphatic hydroxyl groups excluding tert-OH is 1. The van der Waals surface area contributed by atoms with E-state index in [0.29, 0.717) is 30.2 Å². The summed E-state index contributed by atoms with van der Waals surface area (Å²) in [5, 5.41) is 11.4. The molecule has 6 nitrogen and oxygen atoms in total. The number of aryl methyl sites for hydroxylation is 1. The van der Waals surface area contributed by atoms with Crippen molar-refractivity contribution in [1.82, 2.24) is 9.47 Å². The topological polar surface area (TPSA) is 63.9 Å². The van der Waals surface area contributed by atoms with Gasteiger partial charge in [-0.05, 0) is 73.1 Å². The number of hydrogen-bond donors (Lipinski definition) is 1. The Morgan fingerprint density at radius 1 is 1.14 bits per heavy atom. The number of likely N-dealkylation sites (tertiary alicyclic amines) is 1. The monoisotopic (exact) mass is 574 g/mol. The third-order valence-corrected chi connectivity index (χ3v) is 8.21. The lowest BCUT2D eigenvalue weighted by molar-refractivity contribution is 0.0527. The molecule has 1 N–H and O–H groups in total. The molecule has 1 aliphatic heterocycles. The van der Waals surface area contributed by atoms with Crippen molar-refractivity contribution >= 4 is 44.6 Å². The van der Waals surface area contributed by atoms with Crippen molar-refractivity contribution in [2.75, 3.05) is 32.8 Å². The molecule has 1 aromatic heterocycles. The summed E-state index contributed by atoms with van der Waals surface area (Å²) in [6.45, 7) is 4.99. The third kappa shape index (κ3) is 6.65. The number of fused-ring (bicyclic) bond motifs is 1. The van der Waals surface area contributed by atoms with E-state index in [1.165, 1.54) is 25.7 Å². The molecule has 0 amide bonds. The first-order chi connectivity index (χ1) is 17.5. The van der Waals surface area contributed by atoms with Crippen LogP contribution in [0.5, 0.6) is 5.75 Å². The molecule has 36 heavy (non-hydrogen) atoms. The smallest absolute Gasteiger partial charge is 0.340 e. The molecular formula is C28H35BrN2O4S. The number of β-amino-alcohol motifs (C(OH)–C–C–N with tert-alkyl or cyclic N) is 1. The van der Waals surface area contributed by atoms with Crippen molar-refractivity contribution in [2.24, 2.45) is 7.05 Å². The number of carbonyl (C=O) groups excluding carboxylic acids is 1. The SMILES string of the molecule is CCOC(=O)c1c(CSc2ccccc2)n(C)c2cc(Br)c(OCC(O)CN3CCCCCC3)cc12. The van der Waals surface area contributed by atoms with Gasteiger partial charge in [-0.2, -0.15) is 0 Å². The largest absolute Gasteiger partial charge is 0.490 e. The average Bonchev–Trinajstić information content (AvgIpc) is 3.01. The van der Waals surface area contributed by atoms with Crippen LogP contribution < -0.4 is 4.74 Å². The highest BCUT2D eigenvalue weighted by atomic mass is 79.9. The van der Waals surface area contributed by atoms with Crippen molar-refractivity contribution in [3.05, 3.63) is 58.2 Å². The molecule has 1 saturated heterocycles. The summed E-state index contributed by atoms with van der Waals surface area (Å²) in [7, 11) is 1.98. The number of esters is 1. The van der Waals surface area contributed by atoms with Crippen LogP contribution in [0.2, 0.25) is 0 Å². The quantitative estimate of drug-likeness (QED) is 0.236. The highest BCUT2D eigenvalue weighted by Gasteiger charge is 2.24. The lowest BCUT2D eigenvalue weighted by Gasteiger charge is -2.23. The number of carbonyl (C=O) groups is 1. The van der Waals surface area contributed by atoms with Gasteiger partial charge in [0.25, 0.3) is 0 Å². The van der Waals surface area contributed by atoms with Gasteiger partial charge < -0.3 is 24.0 Å². The summed E-state index contributed by atoms with van der Waals surface area (Å²) in [6, 6.07) is 14.0. The molecular weight excluding hydrogens is 540 g/mol. The van der Waals surface area contributed by atoms with E-state index in [4.69, 9.17) is 9.47 Å². The van der Waals surface area contributed by atoms with E-state index >= 15 is 0 Å². The van der Waals surface area contributed by atoms with Crippen LogP contribution in [0, 0.1) is 0 Å². The molecule has 8 heteroatoms. The van der Waals surface area contributed by atoms with Crippen molar-refractivity contribution in [3.8, 4) is 5.75 Å². The molecule has 194 valence electrons. The number of aliphatic hydroxyl groups is 1. The third-order valence-electron chi connectivity index (χ3n) is 6.57. The number of thioether (sulfide) groups is 1. The summed E-state index contributed by atoms with van der Waals surface area (Å²) in [5.74, 6) is 0.906. The fourth-order valence-corrected chi connectivity index (χ4v) is 6.16. The van der Waals surface area contributed by atoms with Gasteiger partial charge in [-0.1, -0.05) is 31.0 Å². The van der Waals surface area contributed by atoms with Gasteiger partial charge in [0, 0.05) is 35.3 Å². The number of halogens is 1. The predicted molar refractivity (Wildman–Crippen MR) is 149 cm³/mol. The Morgan fingerprint density at radius 2 is 1.86 bits per heavy atom. The number of ether oxygens (including phenoxy) is 2. The molecule has 3 aromatic rings. The van der Waals surface area contributed by atoms with Gasteiger partial charge >= 0.3 is 5.97 Å². The average molecular weight is 576 g/mol. The van der Waals surface area contributed by atoms with E-state index in [-0.39, 0.29) is 12.6 Å². The van der Waals surface area contributed by atoms with Crippen LogP contribution >= 0.6 is 27.7 Å². The number of benzene rings is 2. The Hall–Kier alpha value is -2.00. The van der Waals surface area contributed by atoms with Gasteiger partial charge in [-0.3, -0.25) is 0 Å². The first kappa shape index (κ1) is 27.0. The second-order valence-electron chi connectivity index (χ2n) is 9.18. The van der Waals surface area contributed by atoms with Crippen molar-refractivity contribution < 1.29 is 19.4 Å². The van der Waals surface area contributed by atoms with Crippen LogP contribution in [0.3, 0.4) is 0 Å². The zero-order valence-corrected chi connectivity index (χ0v) is 23.4.